The molecular formula is C15H9N3O. The minimum absolute atomic E-state index is 0.385. The van der Waals surface area contributed by atoms with Crippen molar-refractivity contribution >= 4 is 10.9 Å². The maximum atomic E-state index is 8.82. The quantitative estimate of drug-likeness (QED) is 0.697. The standard InChI is InChI=1S/C15H9N3O/c16-9-11-5-6-17-15(7-11)19-13-8-12-3-1-2-4-14(12)18-10-13/h1-8,10H. The third kappa shape index (κ3) is 2.35. The van der Waals surface area contributed by atoms with Crippen LogP contribution < -0.4 is 4.74 Å². The van der Waals surface area contributed by atoms with Crippen molar-refractivity contribution in [1.82, 2.24) is 9.97 Å². The highest BCUT2D eigenvalue weighted by Gasteiger charge is 2.02. The van der Waals surface area contributed by atoms with Crippen LogP contribution in [0, 0.1) is 11.3 Å². The van der Waals surface area contributed by atoms with Crippen molar-refractivity contribution in [3.63, 3.8) is 0 Å². The molecule has 0 fully saturated rings. The summed E-state index contributed by atoms with van der Waals surface area (Å²) < 4.78 is 5.60. The summed E-state index contributed by atoms with van der Waals surface area (Å²) in [4.78, 5) is 8.36. The molecule has 0 unspecified atom stereocenters. The van der Waals surface area contributed by atoms with E-state index in [1.807, 2.05) is 36.4 Å². The summed E-state index contributed by atoms with van der Waals surface area (Å²) in [6, 6.07) is 15.0. The van der Waals surface area contributed by atoms with Crippen LogP contribution in [-0.2, 0) is 0 Å². The van der Waals surface area contributed by atoms with Gasteiger partial charge < -0.3 is 4.74 Å². The third-order valence-corrected chi connectivity index (χ3v) is 2.65. The Bertz CT molecular complexity index is 777. The van der Waals surface area contributed by atoms with E-state index in [1.54, 1.807) is 24.5 Å². The molecule has 4 nitrogen and oxygen atoms in total. The van der Waals surface area contributed by atoms with Gasteiger partial charge in [-0.15, -0.1) is 0 Å². The molecule has 90 valence electrons. The highest BCUT2D eigenvalue weighted by Crippen LogP contribution is 2.22. The van der Waals surface area contributed by atoms with Gasteiger partial charge in [-0.25, -0.2) is 4.98 Å². The van der Waals surface area contributed by atoms with Gasteiger partial charge in [0.1, 0.15) is 5.75 Å². The van der Waals surface area contributed by atoms with Crippen molar-refractivity contribution in [3.05, 3.63) is 60.4 Å². The average Bonchev–Trinajstić information content (AvgIpc) is 2.47. The molecule has 2 aromatic heterocycles. The second-order valence-electron chi connectivity index (χ2n) is 3.96. The predicted octanol–water partition coefficient (Wildman–Crippen LogP) is 3.29. The van der Waals surface area contributed by atoms with Crippen LogP contribution in [0.15, 0.2) is 54.9 Å². The molecule has 0 bridgehead atoms. The number of nitrogens with zero attached hydrogens (tertiary/aromatic N) is 3. The van der Waals surface area contributed by atoms with Gasteiger partial charge in [0, 0.05) is 17.6 Å². The maximum Gasteiger partial charge on any atom is 0.220 e. The van der Waals surface area contributed by atoms with E-state index in [4.69, 9.17) is 10.00 Å². The highest BCUT2D eigenvalue weighted by atomic mass is 16.5. The van der Waals surface area contributed by atoms with E-state index in [0.29, 0.717) is 17.2 Å². The first-order chi connectivity index (χ1) is 9.35. The minimum Gasteiger partial charge on any atom is -0.437 e. The largest absolute Gasteiger partial charge is 0.437 e. The summed E-state index contributed by atoms with van der Waals surface area (Å²) in [5, 5.41) is 9.82. The van der Waals surface area contributed by atoms with Gasteiger partial charge in [0.15, 0.2) is 0 Å². The van der Waals surface area contributed by atoms with E-state index in [0.717, 1.165) is 10.9 Å². The molecule has 0 aliphatic carbocycles. The summed E-state index contributed by atoms with van der Waals surface area (Å²) in [5.74, 6) is 0.984. The highest BCUT2D eigenvalue weighted by molar-refractivity contribution is 5.79. The van der Waals surface area contributed by atoms with Crippen molar-refractivity contribution in [1.29, 1.82) is 5.26 Å². The lowest BCUT2D eigenvalue weighted by molar-refractivity contribution is 0.461. The fourth-order valence-corrected chi connectivity index (χ4v) is 1.76. The van der Waals surface area contributed by atoms with Gasteiger partial charge in [-0.05, 0) is 18.2 Å². The number of hydrogen-bond donors (Lipinski definition) is 0. The van der Waals surface area contributed by atoms with E-state index in [2.05, 4.69) is 9.97 Å². The number of benzene rings is 1. The number of fused-ring (bicyclic) bond motifs is 1. The van der Waals surface area contributed by atoms with Crippen molar-refractivity contribution in [2.75, 3.05) is 0 Å². The molecule has 2 heterocycles. The number of rotatable bonds is 2. The maximum absolute atomic E-state index is 8.82. The number of para-hydroxylation sites is 1. The smallest absolute Gasteiger partial charge is 0.220 e. The predicted molar refractivity (Wildman–Crippen MR) is 70.8 cm³/mol. The van der Waals surface area contributed by atoms with Crippen LogP contribution in [0.1, 0.15) is 5.56 Å². The first-order valence-electron chi connectivity index (χ1n) is 5.74. The van der Waals surface area contributed by atoms with E-state index >= 15 is 0 Å². The lowest BCUT2D eigenvalue weighted by Crippen LogP contribution is -1.89. The zero-order chi connectivity index (χ0) is 13.1. The van der Waals surface area contributed by atoms with Crippen LogP contribution in [0.5, 0.6) is 11.6 Å². The van der Waals surface area contributed by atoms with E-state index in [-0.39, 0.29) is 0 Å². The Hall–Kier alpha value is -2.93. The lowest BCUT2D eigenvalue weighted by Gasteiger charge is -2.05. The molecule has 0 atom stereocenters. The molecule has 0 radical (unpaired) electrons. The Morgan fingerprint density at radius 1 is 1.05 bits per heavy atom. The number of aromatic nitrogens is 2. The Morgan fingerprint density at radius 2 is 1.95 bits per heavy atom. The van der Waals surface area contributed by atoms with Crippen LogP contribution in [0.25, 0.3) is 10.9 Å². The van der Waals surface area contributed by atoms with Crippen LogP contribution in [0.4, 0.5) is 0 Å². The Kier molecular flexibility index (Phi) is 2.79. The van der Waals surface area contributed by atoms with E-state index in [9.17, 15) is 0 Å². The molecule has 0 spiro atoms. The second-order valence-corrected chi connectivity index (χ2v) is 3.96. The van der Waals surface area contributed by atoms with Crippen LogP contribution in [0.3, 0.4) is 0 Å². The Labute approximate surface area is 109 Å². The Balaban J connectivity index is 1.94. The van der Waals surface area contributed by atoms with E-state index in [1.165, 1.54) is 0 Å². The van der Waals surface area contributed by atoms with Gasteiger partial charge >= 0.3 is 0 Å². The van der Waals surface area contributed by atoms with Crippen molar-refractivity contribution in [3.8, 4) is 17.7 Å². The fourth-order valence-electron chi connectivity index (χ4n) is 1.76. The molecule has 1 aromatic carbocycles. The molecule has 3 rings (SSSR count). The van der Waals surface area contributed by atoms with Crippen LogP contribution in [-0.4, -0.2) is 9.97 Å². The van der Waals surface area contributed by atoms with Crippen LogP contribution in [0.2, 0.25) is 0 Å². The van der Waals surface area contributed by atoms with Gasteiger partial charge in [0.2, 0.25) is 5.88 Å². The SMILES string of the molecule is N#Cc1ccnc(Oc2cnc3ccccc3c2)c1. The molecule has 3 aromatic rings. The molecular weight excluding hydrogens is 238 g/mol. The molecule has 0 N–H and O–H groups in total. The van der Waals surface area contributed by atoms with Gasteiger partial charge in [-0.1, -0.05) is 18.2 Å². The summed E-state index contributed by atoms with van der Waals surface area (Å²) in [5.41, 5.74) is 1.42. The summed E-state index contributed by atoms with van der Waals surface area (Å²) >= 11 is 0. The molecule has 0 aliphatic heterocycles. The number of nitriles is 1. The van der Waals surface area contributed by atoms with Gasteiger partial charge in [-0.3, -0.25) is 4.98 Å². The fraction of sp³-hybridized carbons (Fsp3) is 0. The Morgan fingerprint density at radius 3 is 2.84 bits per heavy atom. The number of pyridine rings is 2. The third-order valence-electron chi connectivity index (χ3n) is 2.65. The van der Waals surface area contributed by atoms with Gasteiger partial charge in [0.05, 0.1) is 23.3 Å². The summed E-state index contributed by atoms with van der Waals surface area (Å²) in [7, 11) is 0. The first kappa shape index (κ1) is 11.2. The molecule has 19 heavy (non-hydrogen) atoms. The van der Waals surface area contributed by atoms with Crippen molar-refractivity contribution < 1.29 is 4.74 Å². The van der Waals surface area contributed by atoms with Gasteiger partial charge in [0.25, 0.3) is 0 Å². The van der Waals surface area contributed by atoms with Crippen molar-refractivity contribution in [2.24, 2.45) is 0 Å². The zero-order valence-electron chi connectivity index (χ0n) is 9.95. The molecule has 0 aliphatic rings. The lowest BCUT2D eigenvalue weighted by atomic mass is 10.2. The molecule has 0 amide bonds. The van der Waals surface area contributed by atoms with Crippen molar-refractivity contribution in [2.45, 2.75) is 0 Å². The topological polar surface area (TPSA) is 58.8 Å². The minimum atomic E-state index is 0.385. The molecule has 0 saturated heterocycles. The normalized spacial score (nSPS) is 10.1. The summed E-state index contributed by atoms with van der Waals surface area (Å²) in [6.07, 6.45) is 3.19. The zero-order valence-corrected chi connectivity index (χ0v) is 9.95. The molecule has 4 heteroatoms. The molecule has 0 saturated carbocycles. The second kappa shape index (κ2) is 4.75. The first-order valence-corrected chi connectivity index (χ1v) is 5.74. The van der Waals surface area contributed by atoms with Gasteiger partial charge in [-0.2, -0.15) is 5.26 Å². The van der Waals surface area contributed by atoms with Crippen LogP contribution >= 0.6 is 0 Å². The average molecular weight is 247 g/mol. The number of hydrogen-bond acceptors (Lipinski definition) is 4. The summed E-state index contributed by atoms with van der Waals surface area (Å²) in [6.45, 7) is 0. The monoisotopic (exact) mass is 247 g/mol. The number of ether oxygens (including phenoxy) is 1. The van der Waals surface area contributed by atoms with E-state index < -0.39 is 0 Å².